The number of fused-ring (bicyclic) bond motifs is 1. The molecule has 0 saturated carbocycles. The zero-order valence-electron chi connectivity index (χ0n) is 13.2. The van der Waals surface area contributed by atoms with Crippen LogP contribution in [0.25, 0.3) is 17.0 Å². The van der Waals surface area contributed by atoms with Gasteiger partial charge in [-0.2, -0.15) is 0 Å². The van der Waals surface area contributed by atoms with Gasteiger partial charge in [-0.1, -0.05) is 36.4 Å². The average molecular weight is 384 g/mol. The second kappa shape index (κ2) is 6.15. The summed E-state index contributed by atoms with van der Waals surface area (Å²) < 4.78 is 27.2. The zero-order valence-corrected chi connectivity index (χ0v) is 14.9. The third-order valence-electron chi connectivity index (χ3n) is 3.94. The van der Waals surface area contributed by atoms with E-state index in [1.54, 1.807) is 42.5 Å². The van der Waals surface area contributed by atoms with Gasteiger partial charge >= 0.3 is 0 Å². The van der Waals surface area contributed by atoms with Crippen molar-refractivity contribution >= 4 is 49.9 Å². The van der Waals surface area contributed by atoms with E-state index in [1.165, 1.54) is 28.4 Å². The molecule has 1 aliphatic rings. The van der Waals surface area contributed by atoms with Crippen molar-refractivity contribution in [1.82, 2.24) is 9.29 Å². The van der Waals surface area contributed by atoms with Crippen molar-refractivity contribution in [2.24, 2.45) is 0 Å². The lowest BCUT2D eigenvalue weighted by molar-refractivity contribution is -0.115. The van der Waals surface area contributed by atoms with Gasteiger partial charge in [-0.3, -0.25) is 14.9 Å². The van der Waals surface area contributed by atoms with Gasteiger partial charge in [0.1, 0.15) is 0 Å². The van der Waals surface area contributed by atoms with Crippen LogP contribution in [0.15, 0.2) is 70.6 Å². The maximum absolute atomic E-state index is 13.0. The Balaban J connectivity index is 1.92. The van der Waals surface area contributed by atoms with Gasteiger partial charge in [0.15, 0.2) is 0 Å². The van der Waals surface area contributed by atoms with Crippen LogP contribution in [0.1, 0.15) is 5.56 Å². The van der Waals surface area contributed by atoms with E-state index in [-0.39, 0.29) is 9.80 Å². The molecule has 2 amide bonds. The normalized spacial score (nSPS) is 16.4. The summed E-state index contributed by atoms with van der Waals surface area (Å²) >= 11 is 0.793. The first-order valence-electron chi connectivity index (χ1n) is 7.62. The minimum Gasteiger partial charge on any atom is -0.282 e. The first-order chi connectivity index (χ1) is 12.5. The van der Waals surface area contributed by atoms with Crippen LogP contribution in [-0.4, -0.2) is 23.5 Å². The van der Waals surface area contributed by atoms with Crippen LogP contribution < -0.4 is 5.32 Å². The molecule has 130 valence electrons. The number of para-hydroxylation sites is 1. The summed E-state index contributed by atoms with van der Waals surface area (Å²) in [4.78, 5) is 23.6. The largest absolute Gasteiger partial charge is 0.290 e. The number of rotatable bonds is 3. The number of hydrogen-bond acceptors (Lipinski definition) is 5. The molecule has 2 aromatic carbocycles. The number of aromatic nitrogens is 1. The van der Waals surface area contributed by atoms with E-state index in [1.807, 2.05) is 0 Å². The van der Waals surface area contributed by atoms with E-state index in [9.17, 15) is 18.0 Å². The predicted octanol–water partition coefficient (Wildman–Crippen LogP) is 3.20. The Kier molecular flexibility index (Phi) is 3.93. The molecule has 4 rings (SSSR count). The van der Waals surface area contributed by atoms with Crippen LogP contribution in [0, 0.1) is 0 Å². The van der Waals surface area contributed by atoms with Crippen molar-refractivity contribution in [2.75, 3.05) is 0 Å². The van der Waals surface area contributed by atoms with Crippen molar-refractivity contribution in [2.45, 2.75) is 4.90 Å². The molecular weight excluding hydrogens is 372 g/mol. The summed E-state index contributed by atoms with van der Waals surface area (Å²) in [6.07, 6.45) is 3.00. The highest BCUT2D eigenvalue weighted by Gasteiger charge is 2.26. The molecule has 1 fully saturated rings. The first kappa shape index (κ1) is 16.6. The fourth-order valence-corrected chi connectivity index (χ4v) is 4.83. The smallest absolute Gasteiger partial charge is 0.282 e. The van der Waals surface area contributed by atoms with Crippen molar-refractivity contribution in [1.29, 1.82) is 0 Å². The molecule has 1 saturated heterocycles. The number of carbonyl (C=O) groups excluding carboxylic acids is 2. The van der Waals surface area contributed by atoms with Gasteiger partial charge in [-0.05, 0) is 36.0 Å². The molecule has 0 atom stereocenters. The summed E-state index contributed by atoms with van der Waals surface area (Å²) in [5.74, 6) is -0.484. The molecule has 0 spiro atoms. The average Bonchev–Trinajstić information content (AvgIpc) is 3.16. The lowest BCUT2D eigenvalue weighted by atomic mass is 10.1. The van der Waals surface area contributed by atoms with E-state index in [2.05, 4.69) is 5.32 Å². The Morgan fingerprint density at radius 1 is 0.962 bits per heavy atom. The Labute approximate surface area is 153 Å². The molecule has 1 N–H and O–H groups in total. The van der Waals surface area contributed by atoms with Crippen LogP contribution in [0.5, 0.6) is 0 Å². The van der Waals surface area contributed by atoms with Crippen molar-refractivity contribution in [3.8, 4) is 0 Å². The highest BCUT2D eigenvalue weighted by Crippen LogP contribution is 2.31. The van der Waals surface area contributed by atoms with Crippen LogP contribution in [0.4, 0.5) is 4.79 Å². The van der Waals surface area contributed by atoms with E-state index < -0.39 is 21.2 Å². The Bertz CT molecular complexity index is 1180. The fourth-order valence-electron chi connectivity index (χ4n) is 2.76. The fraction of sp³-hybridized carbons (Fsp3) is 0. The second-order valence-corrected chi connectivity index (χ2v) is 8.40. The number of nitrogens with one attached hydrogen (secondary N) is 1. The number of imide groups is 1. The third-order valence-corrected chi connectivity index (χ3v) is 6.44. The molecule has 1 aromatic heterocycles. The molecule has 8 heteroatoms. The minimum absolute atomic E-state index is 0.170. The Hall–Kier alpha value is -2.84. The number of amides is 2. The van der Waals surface area contributed by atoms with Gasteiger partial charge in [-0.25, -0.2) is 12.4 Å². The van der Waals surface area contributed by atoms with Gasteiger partial charge < -0.3 is 0 Å². The molecule has 0 radical (unpaired) electrons. The number of hydrogen-bond donors (Lipinski definition) is 1. The summed E-state index contributed by atoms with van der Waals surface area (Å²) in [7, 11) is -3.79. The van der Waals surface area contributed by atoms with Crippen molar-refractivity contribution in [3.63, 3.8) is 0 Å². The monoisotopic (exact) mass is 384 g/mol. The van der Waals surface area contributed by atoms with E-state index >= 15 is 0 Å². The second-order valence-electron chi connectivity index (χ2n) is 5.57. The summed E-state index contributed by atoms with van der Waals surface area (Å²) in [6.45, 7) is 0. The van der Waals surface area contributed by atoms with Gasteiger partial charge in [0.2, 0.25) is 0 Å². The van der Waals surface area contributed by atoms with E-state index in [0.29, 0.717) is 16.5 Å². The number of carbonyl (C=O) groups is 2. The Morgan fingerprint density at radius 2 is 1.65 bits per heavy atom. The molecule has 0 bridgehead atoms. The molecule has 0 unspecified atom stereocenters. The number of thioether (sulfide) groups is 1. The molecule has 1 aliphatic heterocycles. The molecular formula is C18H12N2O4S2. The van der Waals surface area contributed by atoms with Gasteiger partial charge in [0.05, 0.1) is 15.3 Å². The van der Waals surface area contributed by atoms with Gasteiger partial charge in [-0.15, -0.1) is 0 Å². The molecule has 26 heavy (non-hydrogen) atoms. The third kappa shape index (κ3) is 2.73. The molecule has 6 nitrogen and oxygen atoms in total. The maximum atomic E-state index is 13.0. The highest BCUT2D eigenvalue weighted by atomic mass is 32.2. The minimum atomic E-state index is -3.79. The quantitative estimate of drug-likeness (QED) is 0.701. The van der Waals surface area contributed by atoms with Crippen LogP contribution >= 0.6 is 11.8 Å². The van der Waals surface area contributed by atoms with Crippen LogP contribution in [0.3, 0.4) is 0 Å². The molecule has 3 aromatic rings. The molecule has 0 aliphatic carbocycles. The van der Waals surface area contributed by atoms with Crippen LogP contribution in [0.2, 0.25) is 0 Å². The highest BCUT2D eigenvalue weighted by molar-refractivity contribution is 8.18. The van der Waals surface area contributed by atoms with E-state index in [4.69, 9.17) is 0 Å². The summed E-state index contributed by atoms with van der Waals surface area (Å²) in [5, 5.41) is 2.42. The van der Waals surface area contributed by atoms with E-state index in [0.717, 1.165) is 11.8 Å². The van der Waals surface area contributed by atoms with Gasteiger partial charge in [0, 0.05) is 17.1 Å². The zero-order chi connectivity index (χ0) is 18.3. The van der Waals surface area contributed by atoms with Crippen LogP contribution in [-0.2, 0) is 14.8 Å². The standard InChI is InChI=1S/C18H12N2O4S2/c21-17-16(25-18(22)19-17)10-12-11-20(15-9-5-4-8-14(12)15)26(23,24)13-6-2-1-3-7-13/h1-11H,(H,19,21,22). The lowest BCUT2D eigenvalue weighted by Gasteiger charge is -2.07. The number of benzene rings is 2. The molecule has 2 heterocycles. The lowest BCUT2D eigenvalue weighted by Crippen LogP contribution is -2.17. The number of nitrogens with zero attached hydrogens (tertiary/aromatic N) is 1. The SMILES string of the molecule is O=C1NC(=O)C(=Cc2cn(S(=O)(=O)c3ccccc3)c3ccccc23)S1. The predicted molar refractivity (Wildman–Crippen MR) is 100 cm³/mol. The first-order valence-corrected chi connectivity index (χ1v) is 9.88. The maximum Gasteiger partial charge on any atom is 0.290 e. The van der Waals surface area contributed by atoms with Crippen molar-refractivity contribution in [3.05, 3.63) is 71.3 Å². The summed E-state index contributed by atoms with van der Waals surface area (Å²) in [6, 6.07) is 15.1. The Morgan fingerprint density at radius 3 is 2.35 bits per heavy atom. The topological polar surface area (TPSA) is 85.2 Å². The summed E-state index contributed by atoms with van der Waals surface area (Å²) in [5.41, 5.74) is 1.05. The van der Waals surface area contributed by atoms with Gasteiger partial charge in [0.25, 0.3) is 21.2 Å². The van der Waals surface area contributed by atoms with Crippen molar-refractivity contribution < 1.29 is 18.0 Å².